The second-order valence-electron chi connectivity index (χ2n) is 4.73. The van der Waals surface area contributed by atoms with Crippen molar-refractivity contribution in [1.29, 1.82) is 0 Å². The molecule has 1 aliphatic rings. The molecule has 0 radical (unpaired) electrons. The molecule has 1 rings (SSSR count). The normalized spacial score (nSPS) is 24.9. The van der Waals surface area contributed by atoms with E-state index in [-0.39, 0.29) is 5.91 Å². The van der Waals surface area contributed by atoms with Gasteiger partial charge in [0.25, 0.3) is 0 Å². The minimum atomic E-state index is -0.665. The first-order valence-corrected chi connectivity index (χ1v) is 5.74. The fourth-order valence-electron chi connectivity index (χ4n) is 1.43. The average Bonchev–Trinajstić information content (AvgIpc) is 2.16. The van der Waals surface area contributed by atoms with E-state index in [1.165, 1.54) is 4.90 Å². The summed E-state index contributed by atoms with van der Waals surface area (Å²) in [6.45, 7) is 8.95. The minimum absolute atomic E-state index is 0.268. The fourth-order valence-corrected chi connectivity index (χ4v) is 1.63. The maximum atomic E-state index is 11.8. The molecule has 0 spiro atoms. The molecule has 1 heterocycles. The van der Waals surface area contributed by atoms with Gasteiger partial charge in [-0.3, -0.25) is 4.79 Å². The number of hydrogen-bond acceptors (Lipinski definition) is 3. The highest BCUT2D eigenvalue weighted by Gasteiger charge is 2.57. The van der Waals surface area contributed by atoms with E-state index in [0.717, 1.165) is 0 Å². The molecule has 86 valence electrons. The number of cyclic esters (lactones) is 1. The quantitative estimate of drug-likeness (QED) is 0.691. The number of rotatable bonds is 1. The lowest BCUT2D eigenvalue weighted by atomic mass is 9.85. The Kier molecular flexibility index (Phi) is 2.89. The van der Waals surface area contributed by atoms with E-state index < -0.39 is 22.1 Å². The Labute approximate surface area is 98.1 Å². The molecule has 0 aromatic heterocycles. The van der Waals surface area contributed by atoms with Crippen molar-refractivity contribution in [3.8, 4) is 0 Å². The molecule has 0 aromatic carbocycles. The van der Waals surface area contributed by atoms with Crippen LogP contribution in [0.25, 0.3) is 0 Å². The maximum Gasteiger partial charge on any atom is 0.417 e. The van der Waals surface area contributed by atoms with Gasteiger partial charge < -0.3 is 4.74 Å². The summed E-state index contributed by atoms with van der Waals surface area (Å²) >= 11 is 3.17. The van der Waals surface area contributed by atoms with E-state index in [1.807, 2.05) is 13.8 Å². The predicted molar refractivity (Wildman–Crippen MR) is 59.9 cm³/mol. The molecule has 1 saturated heterocycles. The molecule has 0 N–H and O–H groups in total. The van der Waals surface area contributed by atoms with Crippen LogP contribution in [0.15, 0.2) is 0 Å². The van der Waals surface area contributed by atoms with Gasteiger partial charge in [-0.2, -0.15) is 0 Å². The van der Waals surface area contributed by atoms with Gasteiger partial charge in [-0.15, -0.1) is 0 Å². The largest absolute Gasteiger partial charge is 0.441 e. The Morgan fingerprint density at radius 3 is 2.13 bits per heavy atom. The molecule has 0 aromatic rings. The number of amides is 2. The number of hydrogen-bond donors (Lipinski definition) is 0. The van der Waals surface area contributed by atoms with Gasteiger partial charge >= 0.3 is 6.09 Å². The highest BCUT2D eigenvalue weighted by atomic mass is 79.9. The highest BCUT2D eigenvalue weighted by molar-refractivity contribution is 9.10. The molecule has 5 heteroatoms. The standard InChI is InChI=1S/C10H16BrNO3/c1-6(11)7(13)12-8(14)15-10(4,5)9(12,2)3/h6H,1-5H3. The Morgan fingerprint density at radius 2 is 1.87 bits per heavy atom. The SMILES string of the molecule is CC(Br)C(=O)N1C(=O)OC(C)(C)C1(C)C. The maximum absolute atomic E-state index is 11.8. The lowest BCUT2D eigenvalue weighted by Crippen LogP contribution is -2.54. The molecule has 0 saturated carbocycles. The van der Waals surface area contributed by atoms with E-state index in [9.17, 15) is 9.59 Å². The van der Waals surface area contributed by atoms with Gasteiger partial charge in [0.1, 0.15) is 5.60 Å². The van der Waals surface area contributed by atoms with Crippen LogP contribution in [0.1, 0.15) is 34.6 Å². The van der Waals surface area contributed by atoms with Gasteiger partial charge in [-0.1, -0.05) is 15.9 Å². The Balaban J connectivity index is 3.10. The Hall–Kier alpha value is -0.580. The van der Waals surface area contributed by atoms with E-state index in [1.54, 1.807) is 20.8 Å². The van der Waals surface area contributed by atoms with Crippen LogP contribution >= 0.6 is 15.9 Å². The molecule has 2 amide bonds. The van der Waals surface area contributed by atoms with Crippen molar-refractivity contribution < 1.29 is 14.3 Å². The van der Waals surface area contributed by atoms with Crippen molar-refractivity contribution in [3.63, 3.8) is 0 Å². The zero-order valence-corrected chi connectivity index (χ0v) is 11.2. The van der Waals surface area contributed by atoms with Crippen molar-refractivity contribution in [2.24, 2.45) is 0 Å². The second-order valence-corrected chi connectivity index (χ2v) is 6.10. The van der Waals surface area contributed by atoms with Gasteiger partial charge in [0.05, 0.1) is 10.4 Å². The van der Waals surface area contributed by atoms with E-state index in [2.05, 4.69) is 15.9 Å². The van der Waals surface area contributed by atoms with Crippen molar-refractivity contribution in [1.82, 2.24) is 4.90 Å². The molecular formula is C10H16BrNO3. The van der Waals surface area contributed by atoms with Crippen LogP contribution in [-0.4, -0.2) is 32.9 Å². The fraction of sp³-hybridized carbons (Fsp3) is 0.800. The molecule has 1 atom stereocenters. The number of carbonyl (C=O) groups is 2. The number of halogens is 1. The van der Waals surface area contributed by atoms with Crippen LogP contribution in [0, 0.1) is 0 Å². The smallest absolute Gasteiger partial charge is 0.417 e. The number of carbonyl (C=O) groups excluding carboxylic acids is 2. The lowest BCUT2D eigenvalue weighted by molar-refractivity contribution is -0.131. The summed E-state index contributed by atoms with van der Waals surface area (Å²) in [5.74, 6) is -0.268. The van der Waals surface area contributed by atoms with E-state index in [0.29, 0.717) is 0 Å². The van der Waals surface area contributed by atoms with Crippen LogP contribution in [0.5, 0.6) is 0 Å². The zero-order chi connectivity index (χ0) is 12.0. The van der Waals surface area contributed by atoms with Crippen molar-refractivity contribution >= 4 is 27.9 Å². The van der Waals surface area contributed by atoms with Crippen molar-refractivity contribution in [2.75, 3.05) is 0 Å². The average molecular weight is 278 g/mol. The number of alkyl halides is 1. The van der Waals surface area contributed by atoms with Gasteiger partial charge in [0.2, 0.25) is 5.91 Å². The Morgan fingerprint density at radius 1 is 1.40 bits per heavy atom. The van der Waals surface area contributed by atoms with E-state index in [4.69, 9.17) is 4.74 Å². The summed E-state index contributed by atoms with van der Waals surface area (Å²) in [6.07, 6.45) is -0.568. The third-order valence-corrected chi connectivity index (χ3v) is 3.51. The summed E-state index contributed by atoms with van der Waals surface area (Å²) in [7, 11) is 0. The van der Waals surface area contributed by atoms with Crippen molar-refractivity contribution in [3.05, 3.63) is 0 Å². The monoisotopic (exact) mass is 277 g/mol. The summed E-state index contributed by atoms with van der Waals surface area (Å²) < 4.78 is 5.19. The summed E-state index contributed by atoms with van der Waals surface area (Å²) in [4.78, 5) is 24.2. The first kappa shape index (κ1) is 12.5. The third kappa shape index (κ3) is 1.77. The minimum Gasteiger partial charge on any atom is -0.441 e. The predicted octanol–water partition coefficient (Wildman–Crippen LogP) is 2.31. The summed E-state index contributed by atoms with van der Waals surface area (Å²) in [5.41, 5.74) is -1.30. The molecular weight excluding hydrogens is 262 g/mol. The van der Waals surface area contributed by atoms with Crippen LogP contribution in [0.3, 0.4) is 0 Å². The van der Waals surface area contributed by atoms with Gasteiger partial charge in [0.15, 0.2) is 0 Å². The van der Waals surface area contributed by atoms with Crippen LogP contribution in [0.2, 0.25) is 0 Å². The molecule has 0 aliphatic carbocycles. The number of nitrogens with zero attached hydrogens (tertiary/aromatic N) is 1. The first-order valence-electron chi connectivity index (χ1n) is 4.82. The van der Waals surface area contributed by atoms with Crippen LogP contribution < -0.4 is 0 Å². The van der Waals surface area contributed by atoms with Gasteiger partial charge in [-0.25, -0.2) is 9.69 Å². The van der Waals surface area contributed by atoms with Crippen LogP contribution in [-0.2, 0) is 9.53 Å². The molecule has 15 heavy (non-hydrogen) atoms. The van der Waals surface area contributed by atoms with E-state index >= 15 is 0 Å². The molecule has 1 fully saturated rings. The summed E-state index contributed by atoms with van der Waals surface area (Å²) in [6, 6.07) is 0. The highest BCUT2D eigenvalue weighted by Crippen LogP contribution is 2.39. The molecule has 4 nitrogen and oxygen atoms in total. The van der Waals surface area contributed by atoms with Crippen molar-refractivity contribution in [2.45, 2.75) is 50.6 Å². The van der Waals surface area contributed by atoms with Gasteiger partial charge in [-0.05, 0) is 34.6 Å². The second kappa shape index (κ2) is 3.47. The van der Waals surface area contributed by atoms with Crippen LogP contribution in [0.4, 0.5) is 4.79 Å². The first-order chi connectivity index (χ1) is 6.61. The van der Waals surface area contributed by atoms with Gasteiger partial charge in [0, 0.05) is 0 Å². The molecule has 1 aliphatic heterocycles. The molecule has 1 unspecified atom stereocenters. The Bertz CT molecular complexity index is 310. The number of ether oxygens (including phenoxy) is 1. The third-order valence-electron chi connectivity index (χ3n) is 3.12. The molecule has 0 bridgehead atoms. The lowest BCUT2D eigenvalue weighted by Gasteiger charge is -2.35. The number of imide groups is 1. The summed E-state index contributed by atoms with van der Waals surface area (Å²) in [5, 5.41) is 0. The zero-order valence-electron chi connectivity index (χ0n) is 9.63. The topological polar surface area (TPSA) is 46.6 Å².